The van der Waals surface area contributed by atoms with E-state index in [1.54, 1.807) is 11.1 Å². The standard InChI is InChI=1S/C19H27N3O4/c23-18(24)15-7-10-22(11-8-15)19(25)21-13-14-6-9-20-17(12-14)26-16-4-2-1-3-5-16/h6,9,12,15-16H,1-5,7-8,10-11,13H2,(H,21,25)(H,23,24). The van der Waals surface area contributed by atoms with Gasteiger partial charge >= 0.3 is 12.0 Å². The molecule has 7 heteroatoms. The summed E-state index contributed by atoms with van der Waals surface area (Å²) in [6, 6.07) is 3.59. The van der Waals surface area contributed by atoms with Gasteiger partial charge in [-0.15, -0.1) is 0 Å². The Hall–Kier alpha value is -2.31. The number of carbonyl (C=O) groups is 2. The zero-order valence-electron chi connectivity index (χ0n) is 15.0. The summed E-state index contributed by atoms with van der Waals surface area (Å²) >= 11 is 0. The number of pyridine rings is 1. The number of carboxylic acids is 1. The maximum Gasteiger partial charge on any atom is 0.317 e. The number of nitrogens with zero attached hydrogens (tertiary/aromatic N) is 2. The van der Waals surface area contributed by atoms with Crippen LogP contribution in [0.4, 0.5) is 4.79 Å². The summed E-state index contributed by atoms with van der Waals surface area (Å²) in [7, 11) is 0. The Bertz CT molecular complexity index is 623. The van der Waals surface area contributed by atoms with E-state index in [9.17, 15) is 9.59 Å². The molecule has 26 heavy (non-hydrogen) atoms. The minimum Gasteiger partial charge on any atom is -0.481 e. The quantitative estimate of drug-likeness (QED) is 0.841. The number of amides is 2. The maximum absolute atomic E-state index is 12.3. The molecule has 142 valence electrons. The van der Waals surface area contributed by atoms with E-state index in [1.165, 1.54) is 19.3 Å². The Balaban J connectivity index is 1.46. The van der Waals surface area contributed by atoms with Crippen molar-refractivity contribution in [3.63, 3.8) is 0 Å². The van der Waals surface area contributed by atoms with E-state index in [4.69, 9.17) is 9.84 Å². The molecule has 2 N–H and O–H groups in total. The van der Waals surface area contributed by atoms with Crippen molar-refractivity contribution in [2.75, 3.05) is 13.1 Å². The summed E-state index contributed by atoms with van der Waals surface area (Å²) < 4.78 is 5.96. The Morgan fingerprint density at radius 1 is 1.19 bits per heavy atom. The van der Waals surface area contributed by atoms with E-state index in [0.29, 0.717) is 38.4 Å². The Morgan fingerprint density at radius 3 is 2.62 bits per heavy atom. The fourth-order valence-electron chi connectivity index (χ4n) is 3.60. The van der Waals surface area contributed by atoms with Crippen LogP contribution in [0.25, 0.3) is 0 Å². The first-order valence-electron chi connectivity index (χ1n) is 9.49. The monoisotopic (exact) mass is 361 g/mol. The van der Waals surface area contributed by atoms with Crippen molar-refractivity contribution in [3.8, 4) is 5.88 Å². The molecule has 1 saturated heterocycles. The predicted molar refractivity (Wildman–Crippen MR) is 95.9 cm³/mol. The molecule has 7 nitrogen and oxygen atoms in total. The molecular weight excluding hydrogens is 334 g/mol. The molecule has 0 bridgehead atoms. The molecule has 0 unspecified atom stereocenters. The Morgan fingerprint density at radius 2 is 1.92 bits per heavy atom. The molecule has 0 spiro atoms. The number of piperidine rings is 1. The van der Waals surface area contributed by atoms with Gasteiger partial charge in [-0.3, -0.25) is 4.79 Å². The zero-order chi connectivity index (χ0) is 18.4. The van der Waals surface area contributed by atoms with Gasteiger partial charge in [-0.2, -0.15) is 0 Å². The van der Waals surface area contributed by atoms with Gasteiger partial charge in [0.25, 0.3) is 0 Å². The fraction of sp³-hybridized carbons (Fsp3) is 0.632. The first-order valence-corrected chi connectivity index (χ1v) is 9.49. The summed E-state index contributed by atoms with van der Waals surface area (Å²) in [5.74, 6) is -0.489. The van der Waals surface area contributed by atoms with Gasteiger partial charge in [0.15, 0.2) is 0 Å². The third kappa shape index (κ3) is 5.09. The normalized spacial score (nSPS) is 19.2. The molecule has 0 atom stereocenters. The van der Waals surface area contributed by atoms with E-state index in [-0.39, 0.29) is 18.1 Å². The van der Waals surface area contributed by atoms with Crippen molar-refractivity contribution in [1.29, 1.82) is 0 Å². The lowest BCUT2D eigenvalue weighted by molar-refractivity contribution is -0.143. The average molecular weight is 361 g/mol. The predicted octanol–water partition coefficient (Wildman–Crippen LogP) is 2.80. The summed E-state index contributed by atoms with van der Waals surface area (Å²) in [5.41, 5.74) is 0.944. The van der Waals surface area contributed by atoms with Crippen LogP contribution in [0.15, 0.2) is 18.3 Å². The minimum absolute atomic E-state index is 0.152. The number of nitrogens with one attached hydrogen (secondary N) is 1. The molecule has 2 heterocycles. The van der Waals surface area contributed by atoms with Crippen molar-refractivity contribution in [1.82, 2.24) is 15.2 Å². The lowest BCUT2D eigenvalue weighted by Crippen LogP contribution is -2.45. The highest BCUT2D eigenvalue weighted by Gasteiger charge is 2.26. The summed E-state index contributed by atoms with van der Waals surface area (Å²) in [4.78, 5) is 29.2. The average Bonchev–Trinajstić information content (AvgIpc) is 2.67. The fourth-order valence-corrected chi connectivity index (χ4v) is 3.60. The summed E-state index contributed by atoms with van der Waals surface area (Å²) in [6.45, 7) is 1.37. The van der Waals surface area contributed by atoms with Crippen LogP contribution in [-0.2, 0) is 11.3 Å². The van der Waals surface area contributed by atoms with E-state index in [2.05, 4.69) is 10.3 Å². The zero-order valence-corrected chi connectivity index (χ0v) is 15.0. The van der Waals surface area contributed by atoms with Crippen molar-refractivity contribution in [3.05, 3.63) is 23.9 Å². The highest BCUT2D eigenvalue weighted by atomic mass is 16.5. The van der Waals surface area contributed by atoms with Crippen LogP contribution >= 0.6 is 0 Å². The molecule has 1 aliphatic carbocycles. The van der Waals surface area contributed by atoms with Gasteiger partial charge in [-0.1, -0.05) is 6.42 Å². The molecule has 3 rings (SSSR count). The number of carbonyl (C=O) groups excluding carboxylic acids is 1. The van der Waals surface area contributed by atoms with Crippen LogP contribution in [-0.4, -0.2) is 46.2 Å². The van der Waals surface area contributed by atoms with Crippen molar-refractivity contribution >= 4 is 12.0 Å². The van der Waals surface area contributed by atoms with Crippen molar-refractivity contribution in [2.45, 2.75) is 57.6 Å². The van der Waals surface area contributed by atoms with E-state index in [0.717, 1.165) is 18.4 Å². The first kappa shape index (κ1) is 18.5. The van der Waals surface area contributed by atoms with Crippen LogP contribution in [0.5, 0.6) is 5.88 Å². The third-order valence-electron chi connectivity index (χ3n) is 5.21. The van der Waals surface area contributed by atoms with Crippen LogP contribution in [0.1, 0.15) is 50.5 Å². The summed E-state index contributed by atoms with van der Waals surface area (Å²) in [6.07, 6.45) is 8.83. The molecule has 1 aromatic heterocycles. The van der Waals surface area contributed by atoms with Gasteiger partial charge in [-0.05, 0) is 50.2 Å². The number of aromatic nitrogens is 1. The highest BCUT2D eigenvalue weighted by molar-refractivity contribution is 5.75. The van der Waals surface area contributed by atoms with E-state index >= 15 is 0 Å². The first-order chi connectivity index (χ1) is 12.6. The lowest BCUT2D eigenvalue weighted by Gasteiger charge is -2.30. The number of hydrogen-bond donors (Lipinski definition) is 2. The minimum atomic E-state index is -0.771. The smallest absolute Gasteiger partial charge is 0.317 e. The van der Waals surface area contributed by atoms with Crippen molar-refractivity contribution in [2.24, 2.45) is 5.92 Å². The Labute approximate surface area is 153 Å². The van der Waals surface area contributed by atoms with Gasteiger partial charge in [0, 0.05) is 31.9 Å². The number of hydrogen-bond acceptors (Lipinski definition) is 4. The van der Waals surface area contributed by atoms with Gasteiger partial charge in [-0.25, -0.2) is 9.78 Å². The van der Waals surface area contributed by atoms with Gasteiger partial charge in [0.05, 0.1) is 5.92 Å². The number of rotatable bonds is 5. The molecular formula is C19H27N3O4. The lowest BCUT2D eigenvalue weighted by atomic mass is 9.97. The number of likely N-dealkylation sites (tertiary alicyclic amines) is 1. The molecule has 0 aromatic carbocycles. The second-order valence-corrected chi connectivity index (χ2v) is 7.14. The number of aliphatic carboxylic acids is 1. The topological polar surface area (TPSA) is 91.8 Å². The van der Waals surface area contributed by atoms with Crippen LogP contribution in [0, 0.1) is 5.92 Å². The van der Waals surface area contributed by atoms with Crippen molar-refractivity contribution < 1.29 is 19.4 Å². The number of urea groups is 1. The largest absolute Gasteiger partial charge is 0.481 e. The third-order valence-corrected chi connectivity index (χ3v) is 5.21. The van der Waals surface area contributed by atoms with E-state index < -0.39 is 5.97 Å². The maximum atomic E-state index is 12.3. The molecule has 1 aromatic rings. The Kier molecular flexibility index (Phi) is 6.30. The van der Waals surface area contributed by atoms with Gasteiger partial charge in [0.1, 0.15) is 6.10 Å². The second-order valence-electron chi connectivity index (χ2n) is 7.14. The number of carboxylic acid groups (broad SMARTS) is 1. The SMILES string of the molecule is O=C(O)C1CCN(C(=O)NCc2ccnc(OC3CCCCC3)c2)CC1. The molecule has 0 radical (unpaired) electrons. The number of ether oxygens (including phenoxy) is 1. The molecule has 2 aliphatic rings. The highest BCUT2D eigenvalue weighted by Crippen LogP contribution is 2.22. The molecule has 1 aliphatic heterocycles. The second kappa shape index (κ2) is 8.87. The molecule has 2 fully saturated rings. The summed E-state index contributed by atoms with van der Waals surface area (Å²) in [5, 5.41) is 11.9. The van der Waals surface area contributed by atoms with Crippen LogP contribution in [0.2, 0.25) is 0 Å². The van der Waals surface area contributed by atoms with E-state index in [1.807, 2.05) is 12.1 Å². The molecule has 2 amide bonds. The molecule has 1 saturated carbocycles. The van der Waals surface area contributed by atoms with Crippen LogP contribution in [0.3, 0.4) is 0 Å². The van der Waals surface area contributed by atoms with Crippen LogP contribution < -0.4 is 10.1 Å². The van der Waals surface area contributed by atoms with Gasteiger partial charge in [0.2, 0.25) is 5.88 Å². The van der Waals surface area contributed by atoms with Gasteiger partial charge < -0.3 is 20.1 Å².